The van der Waals surface area contributed by atoms with Crippen LogP contribution in [0.1, 0.15) is 51.3 Å². The SMILES string of the molecule is CC1(C)C(O)CC[C@]2(C)c3[nH]c(=O)ncc3CC[C@@H]12. The summed E-state index contributed by atoms with van der Waals surface area (Å²) in [5.41, 5.74) is 1.82. The molecule has 0 aliphatic heterocycles. The van der Waals surface area contributed by atoms with Crippen LogP contribution in [0.15, 0.2) is 11.0 Å². The minimum absolute atomic E-state index is 0.0432. The highest BCUT2D eigenvalue weighted by Gasteiger charge is 2.53. The Morgan fingerprint density at radius 3 is 2.84 bits per heavy atom. The molecule has 2 aliphatic carbocycles. The molecule has 1 unspecified atom stereocenters. The molecule has 2 N–H and O–H groups in total. The van der Waals surface area contributed by atoms with Gasteiger partial charge >= 0.3 is 5.69 Å². The monoisotopic (exact) mass is 262 g/mol. The Morgan fingerprint density at radius 2 is 2.11 bits per heavy atom. The molecule has 2 aliphatic rings. The van der Waals surface area contributed by atoms with Crippen molar-refractivity contribution in [3.63, 3.8) is 0 Å². The molecule has 0 saturated heterocycles. The summed E-state index contributed by atoms with van der Waals surface area (Å²) in [5, 5.41) is 10.3. The molecule has 19 heavy (non-hydrogen) atoms. The lowest BCUT2D eigenvalue weighted by Crippen LogP contribution is -2.54. The third kappa shape index (κ3) is 1.69. The number of aromatic amines is 1. The number of aromatic nitrogens is 2. The summed E-state index contributed by atoms with van der Waals surface area (Å²) < 4.78 is 0. The molecule has 1 saturated carbocycles. The molecule has 0 radical (unpaired) electrons. The molecule has 0 amide bonds. The largest absolute Gasteiger partial charge is 0.393 e. The first-order chi connectivity index (χ1) is 8.85. The van der Waals surface area contributed by atoms with Gasteiger partial charge < -0.3 is 10.1 Å². The molecule has 1 aromatic rings. The van der Waals surface area contributed by atoms with Crippen molar-refractivity contribution >= 4 is 0 Å². The van der Waals surface area contributed by atoms with E-state index in [0.29, 0.717) is 5.92 Å². The number of aliphatic hydroxyl groups excluding tert-OH is 1. The third-order valence-corrected chi connectivity index (χ3v) is 5.63. The van der Waals surface area contributed by atoms with Crippen LogP contribution in [0, 0.1) is 11.3 Å². The van der Waals surface area contributed by atoms with Gasteiger partial charge in [0.1, 0.15) is 0 Å². The Balaban J connectivity index is 2.15. The maximum Gasteiger partial charge on any atom is 0.345 e. The zero-order chi connectivity index (χ0) is 13.8. The van der Waals surface area contributed by atoms with Crippen LogP contribution in [-0.4, -0.2) is 21.2 Å². The van der Waals surface area contributed by atoms with Gasteiger partial charge in [-0.2, -0.15) is 0 Å². The number of H-pyrrole nitrogens is 1. The molecule has 0 bridgehead atoms. The van der Waals surface area contributed by atoms with Crippen molar-refractivity contribution < 1.29 is 5.11 Å². The molecule has 3 atom stereocenters. The van der Waals surface area contributed by atoms with Crippen LogP contribution in [0.25, 0.3) is 0 Å². The van der Waals surface area contributed by atoms with Crippen LogP contribution in [0.4, 0.5) is 0 Å². The fourth-order valence-corrected chi connectivity index (χ4v) is 4.45. The highest BCUT2D eigenvalue weighted by atomic mass is 16.3. The predicted octanol–water partition coefficient (Wildman–Crippen LogP) is 1.77. The average Bonchev–Trinajstić information content (AvgIpc) is 2.35. The van der Waals surface area contributed by atoms with E-state index < -0.39 is 0 Å². The van der Waals surface area contributed by atoms with E-state index in [4.69, 9.17) is 0 Å². The fraction of sp³-hybridized carbons (Fsp3) is 0.733. The highest BCUT2D eigenvalue weighted by Crippen LogP contribution is 2.56. The van der Waals surface area contributed by atoms with Crippen molar-refractivity contribution in [1.29, 1.82) is 0 Å². The Morgan fingerprint density at radius 1 is 1.37 bits per heavy atom. The Bertz CT molecular complexity index is 564. The molecule has 1 fully saturated rings. The van der Waals surface area contributed by atoms with Gasteiger partial charge in [0.05, 0.1) is 6.10 Å². The molecule has 4 nitrogen and oxygen atoms in total. The van der Waals surface area contributed by atoms with E-state index in [1.165, 1.54) is 5.56 Å². The van der Waals surface area contributed by atoms with E-state index in [9.17, 15) is 9.90 Å². The third-order valence-electron chi connectivity index (χ3n) is 5.63. The van der Waals surface area contributed by atoms with E-state index in [1.54, 1.807) is 6.20 Å². The zero-order valence-corrected chi connectivity index (χ0v) is 11.9. The predicted molar refractivity (Wildman–Crippen MR) is 73.0 cm³/mol. The summed E-state index contributed by atoms with van der Waals surface area (Å²) in [6.45, 7) is 6.55. The quantitative estimate of drug-likeness (QED) is 0.749. The standard InChI is InChI=1S/C15H22N2O2/c1-14(2)10-5-4-9-8-16-13(19)17-12(9)15(10,3)7-6-11(14)18/h8,10-11,18H,4-7H2,1-3H3,(H,16,17,19)/t10-,11?,15-/m0/s1. The van der Waals surface area contributed by atoms with Crippen molar-refractivity contribution in [1.82, 2.24) is 9.97 Å². The van der Waals surface area contributed by atoms with Gasteiger partial charge in [0.25, 0.3) is 0 Å². The number of aliphatic hydroxyl groups is 1. The van der Waals surface area contributed by atoms with Gasteiger partial charge in [-0.3, -0.25) is 0 Å². The molecule has 1 heterocycles. The van der Waals surface area contributed by atoms with Crippen molar-refractivity contribution in [3.8, 4) is 0 Å². The minimum atomic E-state index is -0.260. The second-order valence-electron chi connectivity index (χ2n) is 6.97. The summed E-state index contributed by atoms with van der Waals surface area (Å²) in [5.74, 6) is 0.397. The van der Waals surface area contributed by atoms with E-state index in [1.807, 2.05) is 0 Å². The molecular weight excluding hydrogens is 240 g/mol. The van der Waals surface area contributed by atoms with Crippen LogP contribution < -0.4 is 5.69 Å². The second-order valence-corrected chi connectivity index (χ2v) is 6.97. The summed E-state index contributed by atoms with van der Waals surface area (Å²) in [4.78, 5) is 18.4. The van der Waals surface area contributed by atoms with Gasteiger partial charge in [-0.15, -0.1) is 0 Å². The summed E-state index contributed by atoms with van der Waals surface area (Å²) in [6.07, 6.45) is 5.20. The smallest absolute Gasteiger partial charge is 0.345 e. The molecular formula is C15H22N2O2. The number of nitrogens with one attached hydrogen (secondary N) is 1. The fourth-order valence-electron chi connectivity index (χ4n) is 4.45. The van der Waals surface area contributed by atoms with Gasteiger partial charge in [0, 0.05) is 17.3 Å². The van der Waals surface area contributed by atoms with Gasteiger partial charge in [-0.1, -0.05) is 20.8 Å². The van der Waals surface area contributed by atoms with Crippen molar-refractivity contribution in [3.05, 3.63) is 27.9 Å². The Hall–Kier alpha value is -1.16. The summed E-state index contributed by atoms with van der Waals surface area (Å²) in [6, 6.07) is 0. The summed E-state index contributed by atoms with van der Waals surface area (Å²) >= 11 is 0. The normalized spacial score (nSPS) is 36.4. The first kappa shape index (κ1) is 12.9. The number of hydrogen-bond acceptors (Lipinski definition) is 3. The van der Waals surface area contributed by atoms with Gasteiger partial charge in [0.15, 0.2) is 0 Å². The molecule has 4 heteroatoms. The molecule has 3 rings (SSSR count). The van der Waals surface area contributed by atoms with Crippen molar-refractivity contribution in [2.75, 3.05) is 0 Å². The van der Waals surface area contributed by atoms with Gasteiger partial charge in [-0.05, 0) is 42.6 Å². The summed E-state index contributed by atoms with van der Waals surface area (Å²) in [7, 11) is 0. The highest BCUT2D eigenvalue weighted by molar-refractivity contribution is 5.31. The number of fused-ring (bicyclic) bond motifs is 3. The minimum Gasteiger partial charge on any atom is -0.393 e. The van der Waals surface area contributed by atoms with Crippen molar-refractivity contribution in [2.24, 2.45) is 11.3 Å². The number of rotatable bonds is 0. The van der Waals surface area contributed by atoms with E-state index in [-0.39, 0.29) is 22.6 Å². The molecule has 1 aromatic heterocycles. The molecule has 104 valence electrons. The van der Waals surface area contributed by atoms with Crippen LogP contribution in [0.3, 0.4) is 0 Å². The first-order valence-corrected chi connectivity index (χ1v) is 7.12. The number of aryl methyl sites for hydroxylation is 1. The Labute approximate surface area is 113 Å². The topological polar surface area (TPSA) is 66.0 Å². The second kappa shape index (κ2) is 3.92. The van der Waals surface area contributed by atoms with Crippen LogP contribution in [-0.2, 0) is 11.8 Å². The van der Waals surface area contributed by atoms with E-state index >= 15 is 0 Å². The van der Waals surface area contributed by atoms with Crippen LogP contribution >= 0.6 is 0 Å². The number of hydrogen-bond donors (Lipinski definition) is 2. The number of nitrogens with zero attached hydrogens (tertiary/aromatic N) is 1. The first-order valence-electron chi connectivity index (χ1n) is 7.12. The lowest BCUT2D eigenvalue weighted by Gasteiger charge is -2.55. The van der Waals surface area contributed by atoms with Gasteiger partial charge in [0.2, 0.25) is 0 Å². The van der Waals surface area contributed by atoms with Crippen molar-refractivity contribution in [2.45, 2.75) is 58.0 Å². The lowest BCUT2D eigenvalue weighted by molar-refractivity contribution is -0.0744. The van der Waals surface area contributed by atoms with Crippen LogP contribution in [0.2, 0.25) is 0 Å². The lowest BCUT2D eigenvalue weighted by atomic mass is 9.50. The maximum absolute atomic E-state index is 11.6. The zero-order valence-electron chi connectivity index (χ0n) is 11.9. The van der Waals surface area contributed by atoms with E-state index in [0.717, 1.165) is 31.4 Å². The molecule has 0 spiro atoms. The maximum atomic E-state index is 11.6. The Kier molecular flexibility index (Phi) is 2.65. The van der Waals surface area contributed by atoms with E-state index in [2.05, 4.69) is 30.7 Å². The molecule has 0 aromatic carbocycles. The average molecular weight is 262 g/mol. The van der Waals surface area contributed by atoms with Crippen LogP contribution in [0.5, 0.6) is 0 Å². The van der Waals surface area contributed by atoms with Gasteiger partial charge in [-0.25, -0.2) is 9.78 Å².